The van der Waals surface area contributed by atoms with Crippen LogP contribution in [0.5, 0.6) is 5.88 Å². The molecule has 0 amide bonds. The van der Waals surface area contributed by atoms with E-state index in [1.54, 1.807) is 10.6 Å². The molecule has 30 heavy (non-hydrogen) atoms. The number of rotatable bonds is 5. The average Bonchev–Trinajstić information content (AvgIpc) is 3.08. The first kappa shape index (κ1) is 20.4. The highest BCUT2D eigenvalue weighted by atomic mass is 19.2. The summed E-state index contributed by atoms with van der Waals surface area (Å²) in [6.45, 7) is 6.73. The van der Waals surface area contributed by atoms with Gasteiger partial charge in [0.05, 0.1) is 12.1 Å². The number of nitrogens with zero attached hydrogens (tertiary/aromatic N) is 3. The Labute approximate surface area is 174 Å². The molecule has 1 saturated heterocycles. The number of halogens is 2. The molecule has 2 aliphatic rings. The van der Waals surface area contributed by atoms with Crippen LogP contribution in [0.3, 0.4) is 0 Å². The minimum Gasteiger partial charge on any atom is -0.473 e. The Bertz CT molecular complexity index is 1030. The quantitative estimate of drug-likeness (QED) is 0.806. The van der Waals surface area contributed by atoms with Crippen LogP contribution in [-0.4, -0.2) is 33.1 Å². The highest BCUT2D eigenvalue weighted by Gasteiger charge is 2.40. The maximum absolute atomic E-state index is 13.4. The van der Waals surface area contributed by atoms with E-state index >= 15 is 0 Å². The van der Waals surface area contributed by atoms with E-state index in [1.807, 2.05) is 0 Å². The minimum absolute atomic E-state index is 0.00373. The number of piperidine rings is 1. The highest BCUT2D eigenvalue weighted by molar-refractivity contribution is 5.46. The number of anilines is 1. The summed E-state index contributed by atoms with van der Waals surface area (Å²) in [5, 5.41) is 3.52. The number of likely N-dealkylation sites (tertiary alicyclic amines) is 1. The van der Waals surface area contributed by atoms with E-state index in [9.17, 15) is 13.6 Å². The molecule has 0 unspecified atom stereocenters. The lowest BCUT2D eigenvalue weighted by Crippen LogP contribution is -2.48. The minimum atomic E-state index is -0.933. The zero-order chi connectivity index (χ0) is 21.3. The number of hydrogen-bond acceptors (Lipinski definition) is 5. The van der Waals surface area contributed by atoms with Gasteiger partial charge in [0.15, 0.2) is 11.6 Å². The van der Waals surface area contributed by atoms with Gasteiger partial charge in [-0.3, -0.25) is 4.57 Å². The molecule has 6 nitrogen and oxygen atoms in total. The molecule has 0 bridgehead atoms. The van der Waals surface area contributed by atoms with Crippen LogP contribution in [-0.2, 0) is 13.2 Å². The molecule has 0 radical (unpaired) electrons. The molecule has 0 saturated carbocycles. The third-order valence-electron chi connectivity index (χ3n) is 5.93. The first-order chi connectivity index (χ1) is 14.4. The Balaban J connectivity index is 1.44. The van der Waals surface area contributed by atoms with E-state index in [1.165, 1.54) is 11.8 Å². The summed E-state index contributed by atoms with van der Waals surface area (Å²) < 4.78 is 33.6. The van der Waals surface area contributed by atoms with Crippen molar-refractivity contribution < 1.29 is 13.5 Å². The molecule has 2 aliphatic heterocycles. The average molecular weight is 416 g/mol. The van der Waals surface area contributed by atoms with Crippen molar-refractivity contribution in [2.24, 2.45) is 0 Å². The van der Waals surface area contributed by atoms with Gasteiger partial charge in [-0.15, -0.1) is 0 Å². The smallest absolute Gasteiger partial charge is 0.352 e. The summed E-state index contributed by atoms with van der Waals surface area (Å²) in [5.41, 5.74) is 1.23. The Hall–Kier alpha value is -2.90. The number of fused-ring (bicyclic) bond motifs is 1. The van der Waals surface area contributed by atoms with E-state index in [-0.39, 0.29) is 23.7 Å². The van der Waals surface area contributed by atoms with E-state index < -0.39 is 11.6 Å². The summed E-state index contributed by atoms with van der Waals surface area (Å²) in [7, 11) is 0. The predicted molar refractivity (Wildman–Crippen MR) is 110 cm³/mol. The first-order valence-electron chi connectivity index (χ1n) is 10.3. The maximum atomic E-state index is 13.4. The number of hydrogen-bond donors (Lipinski definition) is 1. The Kier molecular flexibility index (Phi) is 5.49. The van der Waals surface area contributed by atoms with E-state index in [0.29, 0.717) is 17.9 Å². The van der Waals surface area contributed by atoms with Crippen molar-refractivity contribution in [2.75, 3.05) is 18.4 Å². The maximum Gasteiger partial charge on any atom is 0.352 e. The van der Waals surface area contributed by atoms with Gasteiger partial charge < -0.3 is 15.0 Å². The van der Waals surface area contributed by atoms with Crippen LogP contribution in [0, 0.1) is 11.6 Å². The van der Waals surface area contributed by atoms with Crippen molar-refractivity contribution in [3.05, 3.63) is 63.7 Å². The van der Waals surface area contributed by atoms with Crippen molar-refractivity contribution in [1.82, 2.24) is 14.5 Å². The summed E-state index contributed by atoms with van der Waals surface area (Å²) in [4.78, 5) is 18.9. The van der Waals surface area contributed by atoms with Gasteiger partial charge in [-0.25, -0.2) is 13.6 Å². The van der Waals surface area contributed by atoms with Gasteiger partial charge in [0, 0.05) is 24.9 Å². The second kappa shape index (κ2) is 8.08. The van der Waals surface area contributed by atoms with Crippen LogP contribution in [0.1, 0.15) is 38.7 Å². The van der Waals surface area contributed by atoms with Crippen LogP contribution >= 0.6 is 0 Å². The molecule has 8 heteroatoms. The van der Waals surface area contributed by atoms with Crippen LogP contribution < -0.4 is 15.7 Å². The molecule has 0 aliphatic carbocycles. The highest BCUT2D eigenvalue weighted by Crippen LogP contribution is 2.35. The molecule has 4 rings (SSSR count). The van der Waals surface area contributed by atoms with Crippen molar-refractivity contribution in [1.29, 1.82) is 0 Å². The standard InChI is InChI=1S/C22H26F2N4O2/c1-3-4-15(2)27-9-7-22(8-10-27)14-28-19(26-22)12-20(25-21(28)29)30-13-16-5-6-17(23)18(24)11-16/h4-6,11-12,26H,3,7-10,13-14H2,1-2H3/b15-4-. The number of benzene rings is 1. The molecule has 160 valence electrons. The van der Waals surface area contributed by atoms with Gasteiger partial charge in [0.25, 0.3) is 0 Å². The third-order valence-corrected chi connectivity index (χ3v) is 5.93. The number of nitrogens with one attached hydrogen (secondary N) is 1. The molecule has 1 fully saturated rings. The third kappa shape index (κ3) is 4.04. The Morgan fingerprint density at radius 2 is 2.03 bits per heavy atom. The largest absolute Gasteiger partial charge is 0.473 e. The van der Waals surface area contributed by atoms with Gasteiger partial charge in [-0.05, 0) is 43.9 Å². The second-order valence-corrected chi connectivity index (χ2v) is 8.03. The second-order valence-electron chi connectivity index (χ2n) is 8.03. The summed E-state index contributed by atoms with van der Waals surface area (Å²) in [5.74, 6) is -0.991. The first-order valence-corrected chi connectivity index (χ1v) is 10.3. The van der Waals surface area contributed by atoms with E-state index in [4.69, 9.17) is 4.74 Å². The topological polar surface area (TPSA) is 59.4 Å². The lowest BCUT2D eigenvalue weighted by molar-refractivity contribution is 0.205. The Morgan fingerprint density at radius 3 is 2.73 bits per heavy atom. The van der Waals surface area contributed by atoms with Crippen molar-refractivity contribution in [2.45, 2.75) is 51.8 Å². The lowest BCUT2D eigenvalue weighted by Gasteiger charge is -2.40. The molecular weight excluding hydrogens is 390 g/mol. The van der Waals surface area contributed by atoms with Gasteiger partial charge >= 0.3 is 5.69 Å². The summed E-state index contributed by atoms with van der Waals surface area (Å²) in [6, 6.07) is 5.26. The lowest BCUT2D eigenvalue weighted by atomic mass is 9.88. The van der Waals surface area contributed by atoms with E-state index in [0.717, 1.165) is 44.5 Å². The number of aromatic nitrogens is 2. The van der Waals surface area contributed by atoms with E-state index in [2.05, 4.69) is 35.1 Å². The molecule has 1 spiro atoms. The normalized spacial score (nSPS) is 17.7. The van der Waals surface area contributed by atoms with Crippen LogP contribution in [0.4, 0.5) is 14.6 Å². The molecular formula is C22H26F2N4O2. The number of allylic oxidation sites excluding steroid dienone is 2. The monoisotopic (exact) mass is 416 g/mol. The molecule has 1 N–H and O–H groups in total. The van der Waals surface area contributed by atoms with Gasteiger partial charge in [0.1, 0.15) is 12.4 Å². The van der Waals surface area contributed by atoms with Gasteiger partial charge in [0.2, 0.25) is 5.88 Å². The summed E-state index contributed by atoms with van der Waals surface area (Å²) >= 11 is 0. The van der Waals surface area contributed by atoms with Crippen molar-refractivity contribution >= 4 is 5.82 Å². The van der Waals surface area contributed by atoms with Crippen LogP contribution in [0.25, 0.3) is 0 Å². The van der Waals surface area contributed by atoms with Crippen LogP contribution in [0.15, 0.2) is 40.8 Å². The number of ether oxygens (including phenoxy) is 1. The fourth-order valence-corrected chi connectivity index (χ4v) is 4.21. The zero-order valence-corrected chi connectivity index (χ0v) is 17.3. The van der Waals surface area contributed by atoms with Gasteiger partial charge in [-0.1, -0.05) is 19.1 Å². The van der Waals surface area contributed by atoms with Gasteiger partial charge in [-0.2, -0.15) is 4.98 Å². The van der Waals surface area contributed by atoms with Crippen LogP contribution in [0.2, 0.25) is 0 Å². The Morgan fingerprint density at radius 1 is 1.27 bits per heavy atom. The van der Waals surface area contributed by atoms with Crippen molar-refractivity contribution in [3.63, 3.8) is 0 Å². The molecule has 0 atom stereocenters. The molecule has 3 heterocycles. The fourth-order valence-electron chi connectivity index (χ4n) is 4.21. The molecule has 1 aromatic heterocycles. The zero-order valence-electron chi connectivity index (χ0n) is 17.3. The predicted octanol–water partition coefficient (Wildman–Crippen LogP) is 3.67. The summed E-state index contributed by atoms with van der Waals surface area (Å²) in [6.07, 6.45) is 5.10. The SMILES string of the molecule is CC/C=C(/C)N1CCC2(CC1)Cn1c(cc(OCc3ccc(F)c(F)c3)nc1=O)N2. The fraction of sp³-hybridized carbons (Fsp3) is 0.455. The molecule has 1 aromatic carbocycles. The van der Waals surface area contributed by atoms with Crippen molar-refractivity contribution in [3.8, 4) is 5.88 Å². The molecule has 2 aromatic rings.